The molecule has 1 aliphatic rings. The summed E-state index contributed by atoms with van der Waals surface area (Å²) < 4.78 is 24.9. The summed E-state index contributed by atoms with van der Waals surface area (Å²) in [5, 5.41) is -0.568. The SMILES string of the molecule is CCC(Cl)C(=O)N1CCCC(C(F)F)C1. The molecule has 5 heteroatoms. The Balaban J connectivity index is 2.52. The molecule has 2 nitrogen and oxygen atoms in total. The van der Waals surface area contributed by atoms with Crippen molar-refractivity contribution in [1.29, 1.82) is 0 Å². The van der Waals surface area contributed by atoms with E-state index in [0.29, 0.717) is 25.8 Å². The molecular weight excluding hydrogens is 224 g/mol. The smallest absolute Gasteiger partial charge is 0.243 e. The molecule has 0 aliphatic carbocycles. The summed E-state index contributed by atoms with van der Waals surface area (Å²) in [6.45, 7) is 2.52. The van der Waals surface area contributed by atoms with Gasteiger partial charge in [0.15, 0.2) is 0 Å². The van der Waals surface area contributed by atoms with Crippen molar-refractivity contribution in [3.8, 4) is 0 Å². The van der Waals surface area contributed by atoms with Gasteiger partial charge in [-0.1, -0.05) is 6.92 Å². The van der Waals surface area contributed by atoms with Crippen LogP contribution in [-0.2, 0) is 4.79 Å². The van der Waals surface area contributed by atoms with Gasteiger partial charge in [-0.05, 0) is 19.3 Å². The molecule has 15 heavy (non-hydrogen) atoms. The van der Waals surface area contributed by atoms with Crippen molar-refractivity contribution >= 4 is 17.5 Å². The lowest BCUT2D eigenvalue weighted by molar-refractivity contribution is -0.133. The number of piperidine rings is 1. The predicted molar refractivity (Wildman–Crippen MR) is 55.2 cm³/mol. The van der Waals surface area contributed by atoms with Gasteiger partial charge in [-0.2, -0.15) is 0 Å². The van der Waals surface area contributed by atoms with Crippen LogP contribution < -0.4 is 0 Å². The molecule has 2 unspecified atom stereocenters. The Hall–Kier alpha value is -0.380. The maximum atomic E-state index is 12.5. The van der Waals surface area contributed by atoms with Gasteiger partial charge in [0.1, 0.15) is 5.38 Å². The molecule has 1 amide bonds. The summed E-state index contributed by atoms with van der Waals surface area (Å²) in [6, 6.07) is 0. The van der Waals surface area contributed by atoms with Crippen molar-refractivity contribution in [3.05, 3.63) is 0 Å². The quantitative estimate of drug-likeness (QED) is 0.693. The Morgan fingerprint density at radius 3 is 2.80 bits per heavy atom. The minimum absolute atomic E-state index is 0.152. The summed E-state index contributed by atoms with van der Waals surface area (Å²) in [5.41, 5.74) is 0. The van der Waals surface area contributed by atoms with Gasteiger partial charge in [-0.3, -0.25) is 4.79 Å². The number of rotatable bonds is 3. The van der Waals surface area contributed by atoms with Crippen molar-refractivity contribution in [2.45, 2.75) is 38.0 Å². The number of hydrogen-bond acceptors (Lipinski definition) is 1. The number of carbonyl (C=O) groups excluding carboxylic acids is 1. The van der Waals surface area contributed by atoms with E-state index in [2.05, 4.69) is 0 Å². The molecule has 1 aliphatic heterocycles. The molecule has 2 atom stereocenters. The maximum absolute atomic E-state index is 12.5. The second-order valence-electron chi connectivity index (χ2n) is 3.90. The van der Waals surface area contributed by atoms with E-state index in [1.807, 2.05) is 6.92 Å². The highest BCUT2D eigenvalue weighted by Crippen LogP contribution is 2.23. The molecule has 1 saturated heterocycles. The molecule has 0 radical (unpaired) electrons. The minimum atomic E-state index is -2.34. The molecule has 1 heterocycles. The Morgan fingerprint density at radius 2 is 2.27 bits per heavy atom. The van der Waals surface area contributed by atoms with Gasteiger partial charge < -0.3 is 4.90 Å². The molecule has 1 rings (SSSR count). The first-order valence-electron chi connectivity index (χ1n) is 5.27. The molecule has 0 aromatic rings. The Kier molecular flexibility index (Phi) is 4.77. The van der Waals surface area contributed by atoms with Crippen LogP contribution in [0.1, 0.15) is 26.2 Å². The van der Waals surface area contributed by atoms with Gasteiger partial charge in [0.25, 0.3) is 0 Å². The number of hydrogen-bond donors (Lipinski definition) is 0. The van der Waals surface area contributed by atoms with Gasteiger partial charge in [-0.25, -0.2) is 8.78 Å². The lowest BCUT2D eigenvalue weighted by Crippen LogP contribution is -2.45. The molecular formula is C10H16ClF2NO. The average Bonchev–Trinajstić information content (AvgIpc) is 2.27. The third kappa shape index (κ3) is 3.30. The van der Waals surface area contributed by atoms with E-state index in [-0.39, 0.29) is 12.5 Å². The van der Waals surface area contributed by atoms with Crippen LogP contribution in [0.25, 0.3) is 0 Å². The van der Waals surface area contributed by atoms with Crippen molar-refractivity contribution in [1.82, 2.24) is 4.90 Å². The lowest BCUT2D eigenvalue weighted by atomic mass is 9.98. The van der Waals surface area contributed by atoms with Crippen molar-refractivity contribution in [2.24, 2.45) is 5.92 Å². The molecule has 0 aromatic heterocycles. The molecule has 0 aromatic carbocycles. The number of amides is 1. The van der Waals surface area contributed by atoms with Gasteiger partial charge in [0.05, 0.1) is 0 Å². The van der Waals surface area contributed by atoms with E-state index < -0.39 is 17.7 Å². The van der Waals surface area contributed by atoms with E-state index in [4.69, 9.17) is 11.6 Å². The van der Waals surface area contributed by atoms with Gasteiger partial charge in [0, 0.05) is 19.0 Å². The monoisotopic (exact) mass is 239 g/mol. The Bertz CT molecular complexity index is 225. The second-order valence-corrected chi connectivity index (χ2v) is 4.42. The number of alkyl halides is 3. The number of carbonyl (C=O) groups is 1. The number of likely N-dealkylation sites (tertiary alicyclic amines) is 1. The predicted octanol–water partition coefficient (Wildman–Crippen LogP) is 2.51. The van der Waals surface area contributed by atoms with Gasteiger partial charge >= 0.3 is 0 Å². The lowest BCUT2D eigenvalue weighted by Gasteiger charge is -2.33. The van der Waals surface area contributed by atoms with Crippen LogP contribution in [0.5, 0.6) is 0 Å². The van der Waals surface area contributed by atoms with Gasteiger partial charge in [-0.15, -0.1) is 11.6 Å². The molecule has 0 spiro atoms. The second kappa shape index (κ2) is 5.64. The third-order valence-electron chi connectivity index (χ3n) is 2.75. The maximum Gasteiger partial charge on any atom is 0.243 e. The number of nitrogens with zero attached hydrogens (tertiary/aromatic N) is 1. The normalized spacial score (nSPS) is 24.3. The largest absolute Gasteiger partial charge is 0.341 e. The first kappa shape index (κ1) is 12.7. The third-order valence-corrected chi connectivity index (χ3v) is 3.25. The summed E-state index contributed by atoms with van der Waals surface area (Å²) in [5.74, 6) is -0.882. The fourth-order valence-electron chi connectivity index (χ4n) is 1.79. The molecule has 0 saturated carbocycles. The van der Waals surface area contributed by atoms with Crippen molar-refractivity contribution in [3.63, 3.8) is 0 Å². The molecule has 0 N–H and O–H groups in total. The zero-order valence-electron chi connectivity index (χ0n) is 8.76. The van der Waals surface area contributed by atoms with E-state index in [0.717, 1.165) is 0 Å². The van der Waals surface area contributed by atoms with E-state index in [1.165, 1.54) is 4.90 Å². The van der Waals surface area contributed by atoms with E-state index >= 15 is 0 Å². The zero-order chi connectivity index (χ0) is 11.4. The highest BCUT2D eigenvalue weighted by Gasteiger charge is 2.31. The van der Waals surface area contributed by atoms with Crippen LogP contribution in [0.15, 0.2) is 0 Å². The fourth-order valence-corrected chi connectivity index (χ4v) is 1.93. The first-order valence-corrected chi connectivity index (χ1v) is 5.71. The Morgan fingerprint density at radius 1 is 1.60 bits per heavy atom. The highest BCUT2D eigenvalue weighted by atomic mass is 35.5. The molecule has 1 fully saturated rings. The van der Waals surface area contributed by atoms with Crippen LogP contribution in [0.2, 0.25) is 0 Å². The van der Waals surface area contributed by atoms with Crippen molar-refractivity contribution in [2.75, 3.05) is 13.1 Å². The van der Waals surface area contributed by atoms with E-state index in [9.17, 15) is 13.6 Å². The summed E-state index contributed by atoms with van der Waals surface area (Å²) >= 11 is 5.80. The minimum Gasteiger partial charge on any atom is -0.341 e. The van der Waals surface area contributed by atoms with Crippen LogP contribution in [0, 0.1) is 5.92 Å². The number of halogens is 3. The molecule has 88 valence electrons. The molecule has 0 bridgehead atoms. The van der Waals surface area contributed by atoms with Crippen LogP contribution in [-0.4, -0.2) is 35.7 Å². The van der Waals surface area contributed by atoms with Crippen LogP contribution in [0.3, 0.4) is 0 Å². The zero-order valence-corrected chi connectivity index (χ0v) is 9.51. The van der Waals surface area contributed by atoms with Gasteiger partial charge in [0.2, 0.25) is 12.3 Å². The summed E-state index contributed by atoms with van der Waals surface area (Å²) in [7, 11) is 0. The topological polar surface area (TPSA) is 20.3 Å². The standard InChI is InChI=1S/C10H16ClF2NO/c1-2-8(11)10(15)14-5-3-4-7(6-14)9(12)13/h7-9H,2-6H2,1H3. The van der Waals surface area contributed by atoms with E-state index in [1.54, 1.807) is 0 Å². The fraction of sp³-hybridized carbons (Fsp3) is 0.900. The van der Waals surface area contributed by atoms with Crippen molar-refractivity contribution < 1.29 is 13.6 Å². The first-order chi connectivity index (χ1) is 7.06. The highest BCUT2D eigenvalue weighted by molar-refractivity contribution is 6.30. The Labute approximate surface area is 93.6 Å². The average molecular weight is 240 g/mol. The van der Waals surface area contributed by atoms with Crippen LogP contribution >= 0.6 is 11.6 Å². The summed E-state index contributed by atoms with van der Waals surface area (Å²) in [4.78, 5) is 13.1. The van der Waals surface area contributed by atoms with Crippen LogP contribution in [0.4, 0.5) is 8.78 Å². The summed E-state index contributed by atoms with van der Waals surface area (Å²) in [6.07, 6.45) is -0.652.